The van der Waals surface area contributed by atoms with E-state index in [9.17, 15) is 9.59 Å². The van der Waals surface area contributed by atoms with Crippen molar-refractivity contribution in [2.45, 2.75) is 12.5 Å². The van der Waals surface area contributed by atoms with E-state index in [1.807, 2.05) is 0 Å². The second kappa shape index (κ2) is 6.38. The summed E-state index contributed by atoms with van der Waals surface area (Å²) in [6.45, 7) is 0.271. The van der Waals surface area contributed by atoms with Gasteiger partial charge in [-0.05, 0) is 7.05 Å². The molecule has 0 aliphatic heterocycles. The molecule has 6 heteroatoms. The first kappa shape index (κ1) is 11.9. The molecule has 6 nitrogen and oxygen atoms in total. The van der Waals surface area contributed by atoms with Crippen LogP contribution in [0.4, 0.5) is 0 Å². The zero-order valence-corrected chi connectivity index (χ0v) is 7.41. The van der Waals surface area contributed by atoms with E-state index < -0.39 is 12.1 Å². The lowest BCUT2D eigenvalue weighted by Crippen LogP contribution is -2.37. The van der Waals surface area contributed by atoms with Crippen molar-refractivity contribution in [3.63, 3.8) is 0 Å². The van der Waals surface area contributed by atoms with Gasteiger partial charge in [0.15, 0.2) is 6.10 Å². The Kier molecular flexibility index (Phi) is 5.82. The molecule has 0 aliphatic rings. The van der Waals surface area contributed by atoms with Gasteiger partial charge in [-0.15, -0.1) is 0 Å². The van der Waals surface area contributed by atoms with Crippen molar-refractivity contribution in [2.75, 3.05) is 20.1 Å². The molecule has 0 saturated carbocycles. The van der Waals surface area contributed by atoms with Gasteiger partial charge in [0.25, 0.3) is 0 Å². The normalized spacial score (nSPS) is 12.2. The molecule has 0 rings (SSSR count). The molecule has 0 aromatic carbocycles. The van der Waals surface area contributed by atoms with E-state index in [1.54, 1.807) is 7.05 Å². The lowest BCUT2D eigenvalue weighted by Gasteiger charge is -2.07. The highest BCUT2D eigenvalue weighted by Gasteiger charge is 2.13. The van der Waals surface area contributed by atoms with Gasteiger partial charge in [0, 0.05) is 13.0 Å². The number of amides is 1. The minimum Gasteiger partial charge on any atom is -0.479 e. The number of carbonyl (C=O) groups excluding carboxylic acids is 1. The Balaban J connectivity index is 3.52. The number of hydrogen-bond donors (Lipinski definition) is 4. The maximum absolute atomic E-state index is 10.9. The molecule has 0 aromatic heterocycles. The minimum absolute atomic E-state index is 0.252. The fraction of sp³-hybridized carbons (Fsp3) is 0.714. The molecule has 1 unspecified atom stereocenters. The number of hydrogen-bond acceptors (Lipinski definition) is 4. The number of rotatable bonds is 6. The van der Waals surface area contributed by atoms with Crippen LogP contribution >= 0.6 is 0 Å². The second-order valence-electron chi connectivity index (χ2n) is 2.51. The maximum Gasteiger partial charge on any atom is 0.334 e. The topological polar surface area (TPSA) is 98.7 Å². The first-order valence-electron chi connectivity index (χ1n) is 3.90. The molecule has 1 atom stereocenters. The minimum atomic E-state index is -1.53. The van der Waals surface area contributed by atoms with Gasteiger partial charge in [-0.3, -0.25) is 4.79 Å². The van der Waals surface area contributed by atoms with Gasteiger partial charge in [0.05, 0.1) is 6.54 Å². The first-order valence-corrected chi connectivity index (χ1v) is 3.90. The molecule has 0 aliphatic carbocycles. The number of aliphatic hydroxyl groups excluding tert-OH is 1. The van der Waals surface area contributed by atoms with Crippen LogP contribution in [0, 0.1) is 0 Å². The number of carboxylic acids is 1. The number of carboxylic acid groups (broad SMARTS) is 1. The van der Waals surface area contributed by atoms with Crippen LogP contribution in [0.5, 0.6) is 0 Å². The zero-order valence-electron chi connectivity index (χ0n) is 7.41. The molecule has 13 heavy (non-hydrogen) atoms. The van der Waals surface area contributed by atoms with Crippen LogP contribution < -0.4 is 10.6 Å². The van der Waals surface area contributed by atoms with Crippen molar-refractivity contribution >= 4 is 11.9 Å². The van der Waals surface area contributed by atoms with E-state index in [2.05, 4.69) is 10.6 Å². The van der Waals surface area contributed by atoms with Gasteiger partial charge in [0.1, 0.15) is 0 Å². The highest BCUT2D eigenvalue weighted by Crippen LogP contribution is 1.82. The molecule has 0 spiro atoms. The Labute approximate surface area is 75.9 Å². The number of aliphatic carboxylic acids is 1. The zero-order chi connectivity index (χ0) is 10.3. The predicted molar refractivity (Wildman–Crippen MR) is 45.2 cm³/mol. The quantitative estimate of drug-likeness (QED) is 0.394. The summed E-state index contributed by atoms with van der Waals surface area (Å²) in [5.74, 6) is -1.62. The van der Waals surface area contributed by atoms with Gasteiger partial charge in [-0.1, -0.05) is 0 Å². The van der Waals surface area contributed by atoms with E-state index in [-0.39, 0.29) is 18.9 Å². The smallest absolute Gasteiger partial charge is 0.334 e. The average molecular weight is 190 g/mol. The van der Waals surface area contributed by atoms with Gasteiger partial charge >= 0.3 is 5.97 Å². The summed E-state index contributed by atoms with van der Waals surface area (Å²) in [4.78, 5) is 21.0. The largest absolute Gasteiger partial charge is 0.479 e. The number of nitrogens with one attached hydrogen (secondary N) is 2. The molecule has 0 fully saturated rings. The van der Waals surface area contributed by atoms with Crippen molar-refractivity contribution in [2.24, 2.45) is 0 Å². The number of aliphatic hydroxyl groups is 1. The monoisotopic (exact) mass is 190 g/mol. The van der Waals surface area contributed by atoms with Crippen molar-refractivity contribution in [1.29, 1.82) is 0 Å². The number of carbonyl (C=O) groups is 2. The third-order valence-corrected chi connectivity index (χ3v) is 1.38. The highest BCUT2D eigenvalue weighted by atomic mass is 16.4. The molecule has 0 heterocycles. The van der Waals surface area contributed by atoms with Gasteiger partial charge in [-0.2, -0.15) is 0 Å². The van der Waals surface area contributed by atoms with Crippen LogP contribution in [0.2, 0.25) is 0 Å². The summed E-state index contributed by atoms with van der Waals surface area (Å²) in [5.41, 5.74) is 0. The van der Waals surface area contributed by atoms with E-state index in [0.29, 0.717) is 6.54 Å². The summed E-state index contributed by atoms with van der Waals surface area (Å²) in [6.07, 6.45) is -1.26. The Morgan fingerprint density at radius 2 is 2.08 bits per heavy atom. The maximum atomic E-state index is 10.9. The van der Waals surface area contributed by atoms with Crippen LogP contribution in [-0.4, -0.2) is 48.3 Å². The van der Waals surface area contributed by atoms with Crippen molar-refractivity contribution in [3.05, 3.63) is 0 Å². The van der Waals surface area contributed by atoms with E-state index in [4.69, 9.17) is 10.2 Å². The first-order chi connectivity index (χ1) is 6.07. The molecule has 76 valence electrons. The second-order valence-corrected chi connectivity index (χ2v) is 2.51. The standard InChI is InChI=1S/C7H14N2O4/c1-8-3-2-6(11)9-4-5(10)7(12)13/h5,8,10H,2-4H2,1H3,(H,9,11)(H,12,13). The third kappa shape index (κ3) is 6.06. The van der Waals surface area contributed by atoms with Crippen LogP contribution in [0.15, 0.2) is 0 Å². The third-order valence-electron chi connectivity index (χ3n) is 1.38. The lowest BCUT2D eigenvalue weighted by atomic mass is 10.3. The molecule has 0 bridgehead atoms. The lowest BCUT2D eigenvalue weighted by molar-refractivity contribution is -0.146. The average Bonchev–Trinajstić information content (AvgIpc) is 2.10. The van der Waals surface area contributed by atoms with Crippen LogP contribution in [0.25, 0.3) is 0 Å². The highest BCUT2D eigenvalue weighted by molar-refractivity contribution is 5.78. The Morgan fingerprint density at radius 1 is 1.46 bits per heavy atom. The van der Waals surface area contributed by atoms with Crippen LogP contribution in [-0.2, 0) is 9.59 Å². The van der Waals surface area contributed by atoms with Gasteiger partial charge < -0.3 is 20.8 Å². The predicted octanol–water partition coefficient (Wildman–Crippen LogP) is -1.84. The summed E-state index contributed by atoms with van der Waals surface area (Å²) in [7, 11) is 1.71. The van der Waals surface area contributed by atoms with E-state index in [0.717, 1.165) is 0 Å². The Hall–Kier alpha value is -1.14. The Bertz CT molecular complexity index is 183. The van der Waals surface area contributed by atoms with Crippen molar-refractivity contribution in [1.82, 2.24) is 10.6 Å². The summed E-state index contributed by atoms with van der Waals surface area (Å²) in [5, 5.41) is 22.1. The van der Waals surface area contributed by atoms with Crippen LogP contribution in [0.3, 0.4) is 0 Å². The summed E-state index contributed by atoms with van der Waals surface area (Å²) >= 11 is 0. The van der Waals surface area contributed by atoms with E-state index in [1.165, 1.54) is 0 Å². The molecule has 1 amide bonds. The molecular formula is C7H14N2O4. The van der Waals surface area contributed by atoms with Crippen molar-refractivity contribution < 1.29 is 19.8 Å². The van der Waals surface area contributed by atoms with E-state index >= 15 is 0 Å². The van der Waals surface area contributed by atoms with Crippen LogP contribution in [0.1, 0.15) is 6.42 Å². The van der Waals surface area contributed by atoms with Gasteiger partial charge in [0.2, 0.25) is 5.91 Å². The Morgan fingerprint density at radius 3 is 2.54 bits per heavy atom. The molecule has 0 radical (unpaired) electrons. The molecular weight excluding hydrogens is 176 g/mol. The molecule has 4 N–H and O–H groups in total. The SMILES string of the molecule is CNCCC(=O)NCC(O)C(=O)O. The fourth-order valence-electron chi connectivity index (χ4n) is 0.625. The molecule has 0 aromatic rings. The fourth-order valence-corrected chi connectivity index (χ4v) is 0.625. The summed E-state index contributed by atoms with van der Waals surface area (Å²) in [6, 6.07) is 0. The summed E-state index contributed by atoms with van der Waals surface area (Å²) < 4.78 is 0. The van der Waals surface area contributed by atoms with Gasteiger partial charge in [-0.25, -0.2) is 4.79 Å². The molecule has 0 saturated heterocycles. The van der Waals surface area contributed by atoms with Crippen molar-refractivity contribution in [3.8, 4) is 0 Å².